The van der Waals surface area contributed by atoms with E-state index in [1.807, 2.05) is 0 Å². The van der Waals surface area contributed by atoms with Gasteiger partial charge in [-0.1, -0.05) is 0 Å². The number of carbonyl (C=O) groups excluding carboxylic acids is 1. The third-order valence-electron chi connectivity index (χ3n) is 1.03. The Labute approximate surface area is 82.5 Å². The summed E-state index contributed by atoms with van der Waals surface area (Å²) in [6.07, 6.45) is 1.35. The minimum atomic E-state index is -0.372. The van der Waals surface area contributed by atoms with Crippen LogP contribution in [0.25, 0.3) is 0 Å². The Hall–Kier alpha value is -0.853. The van der Waals surface area contributed by atoms with Gasteiger partial charge in [0.2, 0.25) is 5.88 Å². The van der Waals surface area contributed by atoms with Crippen LogP contribution in [0, 0.1) is 6.92 Å². The van der Waals surface area contributed by atoms with E-state index in [4.69, 9.17) is 4.74 Å². The molecule has 59 valence electrons. The number of ether oxygens (including phenoxy) is 1. The van der Waals surface area contributed by atoms with Crippen molar-refractivity contribution in [2.45, 2.75) is 13.8 Å². The fraction of sp³-hybridized carbons (Fsp3) is 0.286. The van der Waals surface area contributed by atoms with Crippen molar-refractivity contribution in [1.82, 2.24) is 9.97 Å². The van der Waals surface area contributed by atoms with Crippen LogP contribution in [0.5, 0.6) is 5.88 Å². The predicted octanol–water partition coefficient (Wildman–Crippen LogP) is 0.330. The van der Waals surface area contributed by atoms with Gasteiger partial charge in [-0.25, -0.2) is 9.97 Å². The molecule has 0 amide bonds. The van der Waals surface area contributed by atoms with Crippen LogP contribution in [0.1, 0.15) is 12.6 Å². The Kier molecular flexibility index (Phi) is 4.56. The summed E-state index contributed by atoms with van der Waals surface area (Å²) in [5.74, 6) is -0.0758. The summed E-state index contributed by atoms with van der Waals surface area (Å²) in [6, 6.07) is 1.60. The van der Waals surface area contributed by atoms with Crippen molar-refractivity contribution < 1.29 is 9.53 Å². The van der Waals surface area contributed by atoms with Crippen LogP contribution in [-0.4, -0.2) is 34.8 Å². The SMILES string of the molecule is CC(=O)Oc1cc(C)ncn1.[Li]. The normalized spacial score (nSPS) is 8.50. The Morgan fingerprint density at radius 1 is 1.50 bits per heavy atom. The molecule has 1 heterocycles. The molecule has 0 aliphatic carbocycles. The van der Waals surface area contributed by atoms with Gasteiger partial charge in [-0.15, -0.1) is 0 Å². The second kappa shape index (κ2) is 4.91. The molecule has 0 aromatic carbocycles. The number of esters is 1. The van der Waals surface area contributed by atoms with Crippen LogP contribution in [0.2, 0.25) is 0 Å². The Bertz CT molecular complexity index is 278. The largest absolute Gasteiger partial charge is 0.408 e. The first-order chi connectivity index (χ1) is 5.18. The van der Waals surface area contributed by atoms with Crippen molar-refractivity contribution in [3.63, 3.8) is 0 Å². The molecule has 0 atom stereocenters. The molecule has 1 aromatic rings. The summed E-state index contributed by atoms with van der Waals surface area (Å²) in [5, 5.41) is 0. The van der Waals surface area contributed by atoms with E-state index in [-0.39, 0.29) is 24.8 Å². The molecule has 0 unspecified atom stereocenters. The molecule has 0 aliphatic heterocycles. The van der Waals surface area contributed by atoms with Gasteiger partial charge in [0.25, 0.3) is 0 Å². The predicted molar refractivity (Wildman–Crippen MR) is 43.8 cm³/mol. The second-order valence-electron chi connectivity index (χ2n) is 2.09. The second-order valence-corrected chi connectivity index (χ2v) is 2.09. The van der Waals surface area contributed by atoms with Crippen molar-refractivity contribution in [3.05, 3.63) is 18.1 Å². The summed E-state index contributed by atoms with van der Waals surface area (Å²) in [5.41, 5.74) is 0.774. The van der Waals surface area contributed by atoms with E-state index < -0.39 is 0 Å². The molecular weight excluding hydrogens is 151 g/mol. The summed E-state index contributed by atoms with van der Waals surface area (Å²) in [4.78, 5) is 18.0. The molecule has 0 N–H and O–H groups in total. The van der Waals surface area contributed by atoms with E-state index in [0.29, 0.717) is 5.88 Å². The third kappa shape index (κ3) is 3.51. The Morgan fingerprint density at radius 2 is 2.17 bits per heavy atom. The number of carbonyl (C=O) groups is 1. The van der Waals surface area contributed by atoms with Gasteiger partial charge in [0.05, 0.1) is 0 Å². The molecule has 5 heteroatoms. The number of nitrogens with zero attached hydrogens (tertiary/aromatic N) is 2. The van der Waals surface area contributed by atoms with Crippen molar-refractivity contribution in [2.75, 3.05) is 0 Å². The van der Waals surface area contributed by atoms with Crippen molar-refractivity contribution in [1.29, 1.82) is 0 Å². The van der Waals surface area contributed by atoms with Gasteiger partial charge < -0.3 is 4.74 Å². The van der Waals surface area contributed by atoms with Gasteiger partial charge >= 0.3 is 5.97 Å². The maximum absolute atomic E-state index is 10.4. The molecule has 4 nitrogen and oxygen atoms in total. The minimum Gasteiger partial charge on any atom is -0.408 e. The van der Waals surface area contributed by atoms with Crippen molar-refractivity contribution >= 4 is 24.8 Å². The molecule has 0 bridgehead atoms. The Balaban J connectivity index is 0.00000121. The zero-order valence-electron chi connectivity index (χ0n) is 7.37. The topological polar surface area (TPSA) is 52.1 Å². The molecule has 0 aliphatic rings. The molecule has 1 rings (SSSR count). The van der Waals surface area contributed by atoms with Crippen LogP contribution >= 0.6 is 0 Å². The number of hydrogen-bond donors (Lipinski definition) is 0. The Morgan fingerprint density at radius 3 is 2.67 bits per heavy atom. The molecule has 0 saturated heterocycles. The number of hydrogen-bond acceptors (Lipinski definition) is 4. The van der Waals surface area contributed by atoms with Gasteiger partial charge in [-0.3, -0.25) is 4.79 Å². The quantitative estimate of drug-likeness (QED) is 0.437. The first kappa shape index (κ1) is 11.1. The zero-order valence-corrected chi connectivity index (χ0v) is 7.37. The summed E-state index contributed by atoms with van der Waals surface area (Å²) >= 11 is 0. The van der Waals surface area contributed by atoms with Gasteiger partial charge in [0, 0.05) is 37.5 Å². The maximum atomic E-state index is 10.4. The average molecular weight is 159 g/mol. The molecule has 12 heavy (non-hydrogen) atoms. The first-order valence-corrected chi connectivity index (χ1v) is 3.15. The number of aromatic nitrogens is 2. The van der Waals surface area contributed by atoms with E-state index in [1.165, 1.54) is 13.3 Å². The summed E-state index contributed by atoms with van der Waals surface area (Å²) in [7, 11) is 0. The smallest absolute Gasteiger partial charge is 0.309 e. The monoisotopic (exact) mass is 159 g/mol. The maximum Gasteiger partial charge on any atom is 0.309 e. The molecular formula is C7H8LiN2O2. The fourth-order valence-electron chi connectivity index (χ4n) is 0.633. The standard InChI is InChI=1S/C7H8N2O2.Li/c1-5-3-7(9-4-8-5)11-6(2)10;/h3-4H,1-2H3;. The molecule has 1 aromatic heterocycles. The fourth-order valence-corrected chi connectivity index (χ4v) is 0.633. The van der Waals surface area contributed by atoms with E-state index in [2.05, 4.69) is 9.97 Å². The third-order valence-corrected chi connectivity index (χ3v) is 1.03. The van der Waals surface area contributed by atoms with Crippen LogP contribution in [0.15, 0.2) is 12.4 Å². The van der Waals surface area contributed by atoms with Gasteiger partial charge in [0.15, 0.2) is 0 Å². The van der Waals surface area contributed by atoms with E-state index in [9.17, 15) is 4.79 Å². The van der Waals surface area contributed by atoms with E-state index >= 15 is 0 Å². The summed E-state index contributed by atoms with van der Waals surface area (Å²) in [6.45, 7) is 3.13. The molecule has 1 radical (unpaired) electrons. The molecule has 0 saturated carbocycles. The average Bonchev–Trinajstić information content (AvgIpc) is 1.85. The van der Waals surface area contributed by atoms with Crippen LogP contribution in [0.3, 0.4) is 0 Å². The number of rotatable bonds is 1. The van der Waals surface area contributed by atoms with Crippen LogP contribution in [0.4, 0.5) is 0 Å². The van der Waals surface area contributed by atoms with Crippen LogP contribution in [-0.2, 0) is 4.79 Å². The van der Waals surface area contributed by atoms with E-state index in [0.717, 1.165) is 5.69 Å². The van der Waals surface area contributed by atoms with E-state index in [1.54, 1.807) is 13.0 Å². The number of aryl methyl sites for hydroxylation is 1. The molecule has 0 spiro atoms. The zero-order chi connectivity index (χ0) is 8.27. The van der Waals surface area contributed by atoms with Gasteiger partial charge in [0.1, 0.15) is 6.33 Å². The minimum absolute atomic E-state index is 0. The van der Waals surface area contributed by atoms with Gasteiger partial charge in [-0.2, -0.15) is 0 Å². The first-order valence-electron chi connectivity index (χ1n) is 3.15. The van der Waals surface area contributed by atoms with Gasteiger partial charge in [-0.05, 0) is 6.92 Å². The van der Waals surface area contributed by atoms with Crippen molar-refractivity contribution in [2.24, 2.45) is 0 Å². The molecule has 0 fully saturated rings. The summed E-state index contributed by atoms with van der Waals surface area (Å²) < 4.78 is 4.70. The van der Waals surface area contributed by atoms with Crippen molar-refractivity contribution in [3.8, 4) is 5.88 Å². The van der Waals surface area contributed by atoms with Crippen LogP contribution < -0.4 is 4.74 Å².